The number of hydrogen-bond donors (Lipinski definition) is 2. The summed E-state index contributed by atoms with van der Waals surface area (Å²) in [5, 5.41) is 4.49. The molecule has 3 N–H and O–H groups in total. The van der Waals surface area contributed by atoms with Crippen molar-refractivity contribution in [2.45, 2.75) is 31.8 Å². The first-order valence-electron chi connectivity index (χ1n) is 7.03. The highest BCUT2D eigenvalue weighted by molar-refractivity contribution is 6.30. The Morgan fingerprint density at radius 2 is 2.10 bits per heavy atom. The molecule has 2 aromatic rings. The second kappa shape index (κ2) is 5.47. The molecule has 2 nitrogen and oxygen atoms in total. The quantitative estimate of drug-likeness (QED) is 0.828. The van der Waals surface area contributed by atoms with Gasteiger partial charge in [0.2, 0.25) is 0 Å². The van der Waals surface area contributed by atoms with Crippen molar-refractivity contribution in [3.63, 3.8) is 0 Å². The predicted octanol–water partition coefficient (Wildman–Crippen LogP) is 4.26. The van der Waals surface area contributed by atoms with Crippen molar-refractivity contribution in [1.82, 2.24) is 5.32 Å². The fourth-order valence-electron chi connectivity index (χ4n) is 2.98. The second-order valence-corrected chi connectivity index (χ2v) is 5.93. The number of rotatable bonds is 3. The Labute approximate surface area is 125 Å². The summed E-state index contributed by atoms with van der Waals surface area (Å²) >= 11 is 6.06. The molecule has 0 saturated heterocycles. The summed E-state index contributed by atoms with van der Waals surface area (Å²) in [4.78, 5) is 0. The summed E-state index contributed by atoms with van der Waals surface area (Å²) in [6.45, 7) is 2.18. The van der Waals surface area contributed by atoms with Crippen molar-refractivity contribution in [2.75, 3.05) is 5.73 Å². The molecule has 0 aliphatic heterocycles. The average Bonchev–Trinajstić information content (AvgIpc) is 2.81. The molecule has 3 rings (SSSR count). The number of halogens is 1. The number of nitrogens with two attached hydrogens (primary N) is 1. The van der Waals surface area contributed by atoms with Gasteiger partial charge in [0.05, 0.1) is 0 Å². The van der Waals surface area contributed by atoms with E-state index in [4.69, 9.17) is 17.3 Å². The molecule has 1 aliphatic rings. The van der Waals surface area contributed by atoms with Crippen LogP contribution >= 0.6 is 11.6 Å². The van der Waals surface area contributed by atoms with Crippen LogP contribution in [0.1, 0.15) is 42.1 Å². The van der Waals surface area contributed by atoms with Gasteiger partial charge in [-0.25, -0.2) is 0 Å². The number of fused-ring (bicyclic) bond motifs is 1. The maximum Gasteiger partial charge on any atom is 0.0409 e. The van der Waals surface area contributed by atoms with E-state index in [1.807, 2.05) is 24.3 Å². The van der Waals surface area contributed by atoms with Gasteiger partial charge in [0, 0.05) is 22.8 Å². The lowest BCUT2D eigenvalue weighted by Gasteiger charge is -2.21. The summed E-state index contributed by atoms with van der Waals surface area (Å²) in [6.07, 6.45) is 2.23. The van der Waals surface area contributed by atoms with Gasteiger partial charge in [-0.15, -0.1) is 0 Å². The van der Waals surface area contributed by atoms with Crippen molar-refractivity contribution in [3.8, 4) is 0 Å². The summed E-state index contributed by atoms with van der Waals surface area (Å²) in [5.41, 5.74) is 10.7. The Balaban J connectivity index is 1.77. The predicted molar refractivity (Wildman–Crippen MR) is 84.9 cm³/mol. The van der Waals surface area contributed by atoms with E-state index in [0.29, 0.717) is 6.04 Å². The summed E-state index contributed by atoms with van der Waals surface area (Å²) in [6, 6.07) is 15.0. The number of benzene rings is 2. The van der Waals surface area contributed by atoms with E-state index in [2.05, 4.69) is 30.4 Å². The summed E-state index contributed by atoms with van der Waals surface area (Å²) in [7, 11) is 0. The van der Waals surface area contributed by atoms with Gasteiger partial charge in [-0.3, -0.25) is 0 Å². The van der Waals surface area contributed by atoms with Crippen LogP contribution in [0.4, 0.5) is 5.69 Å². The van der Waals surface area contributed by atoms with Gasteiger partial charge in [0.1, 0.15) is 0 Å². The Bertz CT molecular complexity index is 624. The third-order valence-corrected chi connectivity index (χ3v) is 4.28. The highest BCUT2D eigenvalue weighted by Gasteiger charge is 2.23. The summed E-state index contributed by atoms with van der Waals surface area (Å²) < 4.78 is 0. The van der Waals surface area contributed by atoms with E-state index in [0.717, 1.165) is 23.6 Å². The number of aryl methyl sites for hydroxylation is 1. The molecular formula is C17H19ClN2. The first-order valence-corrected chi connectivity index (χ1v) is 7.41. The Morgan fingerprint density at radius 3 is 2.90 bits per heavy atom. The SMILES string of the molecule is C[C@H](NC1CCc2cc(N)ccc21)c1cccc(Cl)c1. The highest BCUT2D eigenvalue weighted by Crippen LogP contribution is 2.34. The Hall–Kier alpha value is -1.51. The molecule has 2 aromatic carbocycles. The lowest BCUT2D eigenvalue weighted by atomic mass is 10.0. The second-order valence-electron chi connectivity index (χ2n) is 5.49. The van der Waals surface area contributed by atoms with Gasteiger partial charge in [-0.1, -0.05) is 29.8 Å². The number of anilines is 1. The molecule has 1 aliphatic carbocycles. The Kier molecular flexibility index (Phi) is 3.68. The van der Waals surface area contributed by atoms with E-state index in [9.17, 15) is 0 Å². The molecule has 0 amide bonds. The smallest absolute Gasteiger partial charge is 0.0409 e. The molecule has 0 aromatic heterocycles. The fraction of sp³-hybridized carbons (Fsp3) is 0.294. The molecule has 20 heavy (non-hydrogen) atoms. The lowest BCUT2D eigenvalue weighted by Crippen LogP contribution is -2.23. The zero-order valence-electron chi connectivity index (χ0n) is 11.6. The molecule has 0 bridgehead atoms. The van der Waals surface area contributed by atoms with Crippen molar-refractivity contribution in [3.05, 3.63) is 64.2 Å². The summed E-state index contributed by atoms with van der Waals surface area (Å²) in [5.74, 6) is 0. The zero-order chi connectivity index (χ0) is 14.1. The number of hydrogen-bond acceptors (Lipinski definition) is 2. The first kappa shape index (κ1) is 13.5. The molecule has 0 spiro atoms. The van der Waals surface area contributed by atoms with Crippen LogP contribution in [-0.2, 0) is 6.42 Å². The maximum atomic E-state index is 6.06. The molecule has 104 valence electrons. The van der Waals surface area contributed by atoms with E-state index in [-0.39, 0.29) is 6.04 Å². The van der Waals surface area contributed by atoms with Crippen LogP contribution in [0.5, 0.6) is 0 Å². The van der Waals surface area contributed by atoms with Crippen LogP contribution in [-0.4, -0.2) is 0 Å². The molecule has 3 heteroatoms. The van der Waals surface area contributed by atoms with Gasteiger partial charge in [-0.05, 0) is 60.7 Å². The third kappa shape index (κ3) is 2.67. The van der Waals surface area contributed by atoms with E-state index in [1.165, 1.54) is 16.7 Å². The highest BCUT2D eigenvalue weighted by atomic mass is 35.5. The molecule has 0 fully saturated rings. The van der Waals surface area contributed by atoms with Gasteiger partial charge in [-0.2, -0.15) is 0 Å². The lowest BCUT2D eigenvalue weighted by molar-refractivity contribution is 0.465. The first-order chi connectivity index (χ1) is 9.63. The molecule has 0 radical (unpaired) electrons. The minimum Gasteiger partial charge on any atom is -0.399 e. The zero-order valence-corrected chi connectivity index (χ0v) is 12.3. The maximum absolute atomic E-state index is 6.06. The van der Waals surface area contributed by atoms with E-state index >= 15 is 0 Å². The Morgan fingerprint density at radius 1 is 1.25 bits per heavy atom. The number of nitrogen functional groups attached to an aromatic ring is 1. The number of nitrogens with one attached hydrogen (secondary N) is 1. The van der Waals surface area contributed by atoms with E-state index in [1.54, 1.807) is 0 Å². The minimum atomic E-state index is 0.280. The largest absolute Gasteiger partial charge is 0.399 e. The molecule has 1 unspecified atom stereocenters. The molecule has 0 saturated carbocycles. The van der Waals surface area contributed by atoms with Crippen LogP contribution in [0.15, 0.2) is 42.5 Å². The van der Waals surface area contributed by atoms with Crippen LogP contribution in [0.3, 0.4) is 0 Å². The normalized spacial score (nSPS) is 18.8. The van der Waals surface area contributed by atoms with Gasteiger partial charge in [0.25, 0.3) is 0 Å². The molecule has 0 heterocycles. The molecule has 2 atom stereocenters. The van der Waals surface area contributed by atoms with Crippen molar-refractivity contribution in [2.24, 2.45) is 0 Å². The van der Waals surface area contributed by atoms with Gasteiger partial charge in [0.15, 0.2) is 0 Å². The van der Waals surface area contributed by atoms with Crippen molar-refractivity contribution < 1.29 is 0 Å². The third-order valence-electron chi connectivity index (χ3n) is 4.04. The van der Waals surface area contributed by atoms with Crippen LogP contribution in [0, 0.1) is 0 Å². The van der Waals surface area contributed by atoms with Crippen molar-refractivity contribution in [1.29, 1.82) is 0 Å². The fourth-order valence-corrected chi connectivity index (χ4v) is 3.18. The van der Waals surface area contributed by atoms with Crippen molar-refractivity contribution >= 4 is 17.3 Å². The van der Waals surface area contributed by atoms with Crippen LogP contribution in [0.25, 0.3) is 0 Å². The van der Waals surface area contributed by atoms with Crippen LogP contribution in [0.2, 0.25) is 5.02 Å². The topological polar surface area (TPSA) is 38.0 Å². The van der Waals surface area contributed by atoms with Gasteiger partial charge >= 0.3 is 0 Å². The standard InChI is InChI=1S/C17H19ClN2/c1-11(12-3-2-4-14(18)9-12)20-17-8-5-13-10-15(19)6-7-16(13)17/h2-4,6-7,9-11,17,20H,5,8,19H2,1H3/t11-,17?/m0/s1. The van der Waals surface area contributed by atoms with E-state index < -0.39 is 0 Å². The monoisotopic (exact) mass is 286 g/mol. The average molecular weight is 287 g/mol. The van der Waals surface area contributed by atoms with Crippen LogP contribution < -0.4 is 11.1 Å². The van der Waals surface area contributed by atoms with Gasteiger partial charge < -0.3 is 11.1 Å². The molecular weight excluding hydrogens is 268 g/mol. The minimum absolute atomic E-state index is 0.280.